The molecule has 118 valence electrons. The minimum absolute atomic E-state index is 0.127. The number of methoxy groups -OCH3 is 1. The van der Waals surface area contributed by atoms with Crippen LogP contribution in [0.25, 0.3) is 11.0 Å². The van der Waals surface area contributed by atoms with Crippen molar-refractivity contribution in [3.05, 3.63) is 35.6 Å². The van der Waals surface area contributed by atoms with Crippen molar-refractivity contribution >= 4 is 22.9 Å². The summed E-state index contributed by atoms with van der Waals surface area (Å²) in [6, 6.07) is 6.47. The highest BCUT2D eigenvalue weighted by Crippen LogP contribution is 2.21. The van der Waals surface area contributed by atoms with Crippen molar-refractivity contribution in [1.82, 2.24) is 4.90 Å². The third kappa shape index (κ3) is 3.85. The Balaban J connectivity index is 2.05. The number of nitrogens with zero attached hydrogens (tertiary/aromatic N) is 1. The average molecular weight is 305 g/mol. The van der Waals surface area contributed by atoms with Gasteiger partial charge in [-0.15, -0.1) is 0 Å². The van der Waals surface area contributed by atoms with Crippen LogP contribution in [0, 0.1) is 0 Å². The minimum Gasteiger partial charge on any atom is -0.465 e. The second-order valence-corrected chi connectivity index (χ2v) is 5.15. The Bertz CT molecular complexity index is 674. The van der Waals surface area contributed by atoms with Gasteiger partial charge in [-0.05, 0) is 38.7 Å². The highest BCUT2D eigenvalue weighted by atomic mass is 16.5. The first-order valence-electron chi connectivity index (χ1n) is 6.95. The van der Waals surface area contributed by atoms with E-state index in [2.05, 4.69) is 4.74 Å². The molecule has 0 saturated heterocycles. The van der Waals surface area contributed by atoms with Crippen LogP contribution in [0.1, 0.15) is 27.3 Å². The lowest BCUT2D eigenvalue weighted by molar-refractivity contribution is 0.0459. The summed E-state index contributed by atoms with van der Waals surface area (Å²) >= 11 is 0. The van der Waals surface area contributed by atoms with E-state index in [-0.39, 0.29) is 5.76 Å². The Labute approximate surface area is 128 Å². The summed E-state index contributed by atoms with van der Waals surface area (Å²) in [6.07, 6.45) is 0.755. The molecule has 0 aliphatic carbocycles. The number of hydrogen-bond acceptors (Lipinski definition) is 6. The predicted octanol–water partition coefficient (Wildman–Crippen LogP) is 2.33. The monoisotopic (exact) mass is 305 g/mol. The lowest BCUT2D eigenvalue weighted by Crippen LogP contribution is -2.16. The van der Waals surface area contributed by atoms with Crippen LogP contribution in [-0.2, 0) is 9.47 Å². The van der Waals surface area contributed by atoms with Crippen LogP contribution in [0.3, 0.4) is 0 Å². The molecule has 0 aliphatic heterocycles. The molecule has 1 heterocycles. The summed E-state index contributed by atoms with van der Waals surface area (Å²) in [5.74, 6) is -0.831. The molecule has 1 aromatic heterocycles. The van der Waals surface area contributed by atoms with E-state index in [1.165, 1.54) is 7.11 Å². The fourth-order valence-electron chi connectivity index (χ4n) is 1.99. The molecule has 0 fully saturated rings. The van der Waals surface area contributed by atoms with E-state index in [1.807, 2.05) is 19.0 Å². The molecule has 0 amide bonds. The van der Waals surface area contributed by atoms with Gasteiger partial charge in [-0.3, -0.25) is 0 Å². The van der Waals surface area contributed by atoms with Crippen molar-refractivity contribution < 1.29 is 23.5 Å². The van der Waals surface area contributed by atoms with Gasteiger partial charge < -0.3 is 18.8 Å². The van der Waals surface area contributed by atoms with Crippen LogP contribution < -0.4 is 0 Å². The van der Waals surface area contributed by atoms with Crippen LogP contribution in [0.5, 0.6) is 0 Å². The lowest BCUT2D eigenvalue weighted by atomic mass is 10.2. The minimum atomic E-state index is -0.505. The smallest absolute Gasteiger partial charge is 0.374 e. The summed E-state index contributed by atoms with van der Waals surface area (Å²) in [7, 11) is 5.23. The molecule has 1 aromatic carbocycles. The Morgan fingerprint density at radius 3 is 2.64 bits per heavy atom. The van der Waals surface area contributed by atoms with Crippen molar-refractivity contribution in [3.8, 4) is 0 Å². The maximum atomic E-state index is 11.9. The number of furan rings is 1. The number of rotatable bonds is 6. The number of carbonyl (C=O) groups is 2. The van der Waals surface area contributed by atoms with Crippen LogP contribution in [0.2, 0.25) is 0 Å². The molecule has 0 bridgehead atoms. The average Bonchev–Trinajstić information content (AvgIpc) is 2.93. The zero-order chi connectivity index (χ0) is 16.1. The van der Waals surface area contributed by atoms with E-state index in [9.17, 15) is 9.59 Å². The van der Waals surface area contributed by atoms with E-state index < -0.39 is 11.9 Å². The summed E-state index contributed by atoms with van der Waals surface area (Å²) < 4.78 is 15.3. The number of esters is 2. The van der Waals surface area contributed by atoms with E-state index >= 15 is 0 Å². The van der Waals surface area contributed by atoms with Gasteiger partial charge in [-0.2, -0.15) is 0 Å². The Kier molecular flexibility index (Phi) is 5.16. The van der Waals surface area contributed by atoms with E-state index in [1.54, 1.807) is 24.3 Å². The molecule has 0 unspecified atom stereocenters. The number of hydrogen-bond donors (Lipinski definition) is 0. The van der Waals surface area contributed by atoms with Crippen molar-refractivity contribution in [1.29, 1.82) is 0 Å². The molecule has 22 heavy (non-hydrogen) atoms. The molecule has 6 heteroatoms. The fraction of sp³-hybridized carbons (Fsp3) is 0.375. The SMILES string of the molecule is COC(=O)c1ccc2cc(C(=O)OCCCN(C)C)oc2c1. The molecule has 2 rings (SSSR count). The maximum Gasteiger partial charge on any atom is 0.374 e. The molecule has 0 N–H and O–H groups in total. The quantitative estimate of drug-likeness (QED) is 0.602. The number of benzene rings is 1. The van der Waals surface area contributed by atoms with Crippen molar-refractivity contribution in [2.45, 2.75) is 6.42 Å². The van der Waals surface area contributed by atoms with E-state index in [0.29, 0.717) is 17.8 Å². The van der Waals surface area contributed by atoms with Gasteiger partial charge >= 0.3 is 11.9 Å². The standard InChI is InChI=1S/C16H19NO5/c1-17(2)7-4-8-21-16(19)14-9-11-5-6-12(15(18)20-3)10-13(11)22-14/h5-6,9-10H,4,7-8H2,1-3H3. The molecular formula is C16H19NO5. The highest BCUT2D eigenvalue weighted by molar-refractivity contribution is 5.96. The number of carbonyl (C=O) groups excluding carboxylic acids is 2. The van der Waals surface area contributed by atoms with Gasteiger partial charge in [-0.25, -0.2) is 9.59 Å². The molecule has 0 saturated carbocycles. The van der Waals surface area contributed by atoms with Gasteiger partial charge in [0.2, 0.25) is 5.76 Å². The van der Waals surface area contributed by atoms with Gasteiger partial charge in [0.05, 0.1) is 19.3 Å². The zero-order valence-electron chi connectivity index (χ0n) is 12.9. The van der Waals surface area contributed by atoms with Gasteiger partial charge in [-0.1, -0.05) is 6.07 Å². The van der Waals surface area contributed by atoms with Crippen LogP contribution in [0.15, 0.2) is 28.7 Å². The topological polar surface area (TPSA) is 69.0 Å². The van der Waals surface area contributed by atoms with Gasteiger partial charge in [0, 0.05) is 11.9 Å². The second-order valence-electron chi connectivity index (χ2n) is 5.15. The normalized spacial score (nSPS) is 10.9. The molecular weight excluding hydrogens is 286 g/mol. The third-order valence-electron chi connectivity index (χ3n) is 3.13. The van der Waals surface area contributed by atoms with Gasteiger partial charge in [0.25, 0.3) is 0 Å². The second kappa shape index (κ2) is 7.09. The van der Waals surface area contributed by atoms with E-state index in [4.69, 9.17) is 9.15 Å². The summed E-state index contributed by atoms with van der Waals surface area (Å²) in [5.41, 5.74) is 0.818. The molecule has 0 spiro atoms. The molecule has 2 aromatic rings. The molecule has 0 radical (unpaired) electrons. The molecule has 6 nitrogen and oxygen atoms in total. The molecule has 0 atom stereocenters. The first-order valence-corrected chi connectivity index (χ1v) is 6.95. The first kappa shape index (κ1) is 16.0. The van der Waals surface area contributed by atoms with Crippen LogP contribution >= 0.6 is 0 Å². The number of ether oxygens (including phenoxy) is 2. The van der Waals surface area contributed by atoms with Gasteiger partial charge in [0.15, 0.2) is 0 Å². The third-order valence-corrected chi connectivity index (χ3v) is 3.13. The van der Waals surface area contributed by atoms with Gasteiger partial charge in [0.1, 0.15) is 5.58 Å². The van der Waals surface area contributed by atoms with E-state index in [0.717, 1.165) is 18.4 Å². The molecule has 0 aliphatic rings. The zero-order valence-corrected chi connectivity index (χ0v) is 12.9. The summed E-state index contributed by atoms with van der Waals surface area (Å²) in [5, 5.41) is 0.730. The number of fused-ring (bicyclic) bond motifs is 1. The van der Waals surface area contributed by atoms with Crippen molar-refractivity contribution in [2.75, 3.05) is 34.4 Å². The van der Waals surface area contributed by atoms with Crippen molar-refractivity contribution in [2.24, 2.45) is 0 Å². The predicted molar refractivity (Wildman–Crippen MR) is 81.0 cm³/mol. The summed E-state index contributed by atoms with van der Waals surface area (Å²) in [4.78, 5) is 25.4. The maximum absolute atomic E-state index is 11.9. The van der Waals surface area contributed by atoms with Crippen LogP contribution in [-0.4, -0.2) is 51.2 Å². The Morgan fingerprint density at radius 2 is 1.95 bits per heavy atom. The highest BCUT2D eigenvalue weighted by Gasteiger charge is 2.15. The van der Waals surface area contributed by atoms with Crippen molar-refractivity contribution in [3.63, 3.8) is 0 Å². The largest absolute Gasteiger partial charge is 0.465 e. The first-order chi connectivity index (χ1) is 10.5. The summed E-state index contributed by atoms with van der Waals surface area (Å²) in [6.45, 7) is 1.18. The lowest BCUT2D eigenvalue weighted by Gasteiger charge is -2.08. The Hall–Kier alpha value is -2.34. The Morgan fingerprint density at radius 1 is 1.18 bits per heavy atom. The fourth-order valence-corrected chi connectivity index (χ4v) is 1.99. The van der Waals surface area contributed by atoms with Crippen LogP contribution in [0.4, 0.5) is 0 Å².